The fourth-order valence-electron chi connectivity index (χ4n) is 3.55. The average Bonchev–Trinajstić information content (AvgIpc) is 3.26. The number of pyridine rings is 1. The van der Waals surface area contributed by atoms with Crippen LogP contribution < -0.4 is 5.32 Å². The summed E-state index contributed by atoms with van der Waals surface area (Å²) in [7, 11) is 0. The number of hydrogen-bond acceptors (Lipinski definition) is 6. The maximum absolute atomic E-state index is 12.9. The van der Waals surface area contributed by atoms with Crippen molar-refractivity contribution in [1.82, 2.24) is 19.7 Å². The quantitative estimate of drug-likeness (QED) is 0.241. The van der Waals surface area contributed by atoms with E-state index in [9.17, 15) is 9.59 Å². The zero-order valence-electron chi connectivity index (χ0n) is 19.7. The number of Topliss-reactive ketones (excluding diaryl/α,β-unsaturated/α-hetero) is 1. The first-order valence-electron chi connectivity index (χ1n) is 11.4. The highest BCUT2D eigenvalue weighted by Gasteiger charge is 2.17. The van der Waals surface area contributed by atoms with E-state index in [1.165, 1.54) is 11.8 Å². The number of nitrogens with one attached hydrogen (secondary N) is 1. The molecule has 1 amide bonds. The molecule has 0 atom stereocenters. The summed E-state index contributed by atoms with van der Waals surface area (Å²) in [6.07, 6.45) is 3.91. The van der Waals surface area contributed by atoms with E-state index in [2.05, 4.69) is 32.6 Å². The third-order valence-corrected chi connectivity index (χ3v) is 6.22. The van der Waals surface area contributed by atoms with Crippen molar-refractivity contribution >= 4 is 29.1 Å². The van der Waals surface area contributed by atoms with E-state index < -0.39 is 0 Å². The molecule has 4 aromatic rings. The van der Waals surface area contributed by atoms with Gasteiger partial charge in [0.2, 0.25) is 5.91 Å². The predicted molar refractivity (Wildman–Crippen MR) is 138 cm³/mol. The Hall–Kier alpha value is -3.78. The van der Waals surface area contributed by atoms with Gasteiger partial charge < -0.3 is 5.32 Å². The first kappa shape index (κ1) is 24.3. The zero-order chi connectivity index (χ0) is 24.6. The van der Waals surface area contributed by atoms with E-state index in [1.807, 2.05) is 48.7 Å². The lowest BCUT2D eigenvalue weighted by atomic mass is 10.1. The first-order valence-corrected chi connectivity index (χ1v) is 12.4. The molecule has 0 saturated carbocycles. The van der Waals surface area contributed by atoms with E-state index in [0.717, 1.165) is 17.0 Å². The Kier molecular flexibility index (Phi) is 8.05. The maximum Gasteiger partial charge on any atom is 0.224 e. The number of benzene rings is 2. The van der Waals surface area contributed by atoms with Gasteiger partial charge in [0.15, 0.2) is 16.8 Å². The molecule has 0 bridgehead atoms. The maximum atomic E-state index is 12.9. The number of carbonyl (C=O) groups excluding carboxylic acids is 2. The number of ketones is 1. The number of hydrogen-bond donors (Lipinski definition) is 1. The SMILES string of the molecule is CC(C)CC(=O)Nc1ccc(C(=O)CSc2nnc(-c3ccncc3)n2Cc2ccccc2)cc1. The van der Waals surface area contributed by atoms with Gasteiger partial charge in [0.1, 0.15) is 0 Å². The van der Waals surface area contributed by atoms with Crippen LogP contribution in [0.4, 0.5) is 5.69 Å². The van der Waals surface area contributed by atoms with E-state index in [1.54, 1.807) is 36.7 Å². The van der Waals surface area contributed by atoms with Crippen LogP contribution in [-0.4, -0.2) is 37.2 Å². The molecule has 4 rings (SSSR count). The van der Waals surface area contributed by atoms with Gasteiger partial charge in [-0.2, -0.15) is 0 Å². The number of anilines is 1. The topological polar surface area (TPSA) is 89.8 Å². The summed E-state index contributed by atoms with van der Waals surface area (Å²) in [5.74, 6) is 1.19. The number of rotatable bonds is 10. The van der Waals surface area contributed by atoms with Gasteiger partial charge in [-0.05, 0) is 47.9 Å². The summed E-state index contributed by atoms with van der Waals surface area (Å²) in [4.78, 5) is 28.9. The Morgan fingerprint density at radius 1 is 0.943 bits per heavy atom. The summed E-state index contributed by atoms with van der Waals surface area (Å²) < 4.78 is 2.02. The van der Waals surface area contributed by atoms with Crippen LogP contribution in [0.3, 0.4) is 0 Å². The van der Waals surface area contributed by atoms with Crippen LogP contribution in [0.25, 0.3) is 11.4 Å². The Morgan fingerprint density at radius 2 is 1.66 bits per heavy atom. The number of carbonyl (C=O) groups is 2. The van der Waals surface area contributed by atoms with E-state index in [4.69, 9.17) is 0 Å². The van der Waals surface area contributed by atoms with Gasteiger partial charge >= 0.3 is 0 Å². The normalized spacial score (nSPS) is 10.9. The molecule has 0 saturated heterocycles. The summed E-state index contributed by atoms with van der Waals surface area (Å²) in [5, 5.41) is 12.3. The van der Waals surface area contributed by atoms with Crippen molar-refractivity contribution in [3.63, 3.8) is 0 Å². The van der Waals surface area contributed by atoms with Crippen molar-refractivity contribution in [3.05, 3.63) is 90.3 Å². The van der Waals surface area contributed by atoms with Crippen molar-refractivity contribution in [3.8, 4) is 11.4 Å². The van der Waals surface area contributed by atoms with Gasteiger partial charge in [0.25, 0.3) is 0 Å². The molecule has 0 aliphatic carbocycles. The zero-order valence-corrected chi connectivity index (χ0v) is 20.5. The molecule has 0 aliphatic heterocycles. The predicted octanol–water partition coefficient (Wildman–Crippen LogP) is 5.35. The Bertz CT molecular complexity index is 1270. The molecule has 0 unspecified atom stereocenters. The molecule has 8 heteroatoms. The lowest BCUT2D eigenvalue weighted by Gasteiger charge is -2.10. The molecule has 2 aromatic heterocycles. The molecule has 0 spiro atoms. The van der Waals surface area contributed by atoms with Crippen LogP contribution in [0.2, 0.25) is 0 Å². The third kappa shape index (κ3) is 6.64. The second-order valence-electron chi connectivity index (χ2n) is 8.55. The van der Waals surface area contributed by atoms with Gasteiger partial charge in [0, 0.05) is 35.6 Å². The number of amides is 1. The third-order valence-electron chi connectivity index (χ3n) is 5.26. The lowest BCUT2D eigenvalue weighted by molar-refractivity contribution is -0.116. The fourth-order valence-corrected chi connectivity index (χ4v) is 4.39. The van der Waals surface area contributed by atoms with E-state index in [0.29, 0.717) is 29.4 Å². The highest BCUT2D eigenvalue weighted by molar-refractivity contribution is 7.99. The van der Waals surface area contributed by atoms with Crippen molar-refractivity contribution in [2.45, 2.75) is 32.0 Å². The van der Waals surface area contributed by atoms with Crippen LogP contribution in [-0.2, 0) is 11.3 Å². The van der Waals surface area contributed by atoms with Crippen molar-refractivity contribution in [1.29, 1.82) is 0 Å². The molecular formula is C27H27N5O2S. The van der Waals surface area contributed by atoms with Gasteiger partial charge in [-0.25, -0.2) is 0 Å². The summed E-state index contributed by atoms with van der Waals surface area (Å²) in [5.41, 5.74) is 3.30. The van der Waals surface area contributed by atoms with Crippen LogP contribution in [0, 0.1) is 5.92 Å². The highest BCUT2D eigenvalue weighted by atomic mass is 32.2. The molecular weight excluding hydrogens is 458 g/mol. The van der Waals surface area contributed by atoms with Gasteiger partial charge in [-0.15, -0.1) is 10.2 Å². The minimum Gasteiger partial charge on any atom is -0.326 e. The molecule has 0 fully saturated rings. The summed E-state index contributed by atoms with van der Waals surface area (Å²) >= 11 is 1.36. The molecule has 0 radical (unpaired) electrons. The standard InChI is InChI=1S/C27H27N5O2S/c1-19(2)16-25(34)29-23-10-8-21(9-11-23)24(33)18-35-27-31-30-26(22-12-14-28-15-13-22)32(27)17-20-6-4-3-5-7-20/h3-15,19H,16-18H2,1-2H3,(H,29,34). The lowest BCUT2D eigenvalue weighted by Crippen LogP contribution is -2.14. The second-order valence-corrected chi connectivity index (χ2v) is 9.49. The minimum absolute atomic E-state index is 0.0187. The van der Waals surface area contributed by atoms with Crippen LogP contribution in [0.1, 0.15) is 36.2 Å². The molecule has 35 heavy (non-hydrogen) atoms. The Labute approximate surface area is 209 Å². The van der Waals surface area contributed by atoms with Crippen LogP contribution >= 0.6 is 11.8 Å². The minimum atomic E-state index is -0.0302. The van der Waals surface area contributed by atoms with Crippen LogP contribution in [0.5, 0.6) is 0 Å². The first-order chi connectivity index (χ1) is 17.0. The van der Waals surface area contributed by atoms with E-state index >= 15 is 0 Å². The number of aromatic nitrogens is 4. The average molecular weight is 486 g/mol. The fraction of sp³-hybridized carbons (Fsp3) is 0.222. The largest absolute Gasteiger partial charge is 0.326 e. The summed E-state index contributed by atoms with van der Waals surface area (Å²) in [6.45, 7) is 4.59. The highest BCUT2D eigenvalue weighted by Crippen LogP contribution is 2.26. The molecule has 0 aliphatic rings. The molecule has 1 N–H and O–H groups in total. The van der Waals surface area contributed by atoms with Crippen molar-refractivity contribution in [2.75, 3.05) is 11.1 Å². The van der Waals surface area contributed by atoms with Gasteiger partial charge in [0.05, 0.1) is 12.3 Å². The number of thioether (sulfide) groups is 1. The molecule has 7 nitrogen and oxygen atoms in total. The smallest absolute Gasteiger partial charge is 0.224 e. The molecule has 2 heterocycles. The van der Waals surface area contributed by atoms with Crippen LogP contribution in [0.15, 0.2) is 84.3 Å². The van der Waals surface area contributed by atoms with Crippen molar-refractivity contribution < 1.29 is 9.59 Å². The summed E-state index contributed by atoms with van der Waals surface area (Å²) in [6, 6.07) is 20.9. The monoisotopic (exact) mass is 485 g/mol. The number of nitrogens with zero attached hydrogens (tertiary/aromatic N) is 4. The van der Waals surface area contributed by atoms with Crippen molar-refractivity contribution in [2.24, 2.45) is 5.92 Å². The van der Waals surface area contributed by atoms with Gasteiger partial charge in [-0.1, -0.05) is 55.9 Å². The molecule has 178 valence electrons. The molecule has 2 aromatic carbocycles. The Balaban J connectivity index is 1.46. The Morgan fingerprint density at radius 3 is 2.34 bits per heavy atom. The van der Waals surface area contributed by atoms with Gasteiger partial charge in [-0.3, -0.25) is 19.1 Å². The second kappa shape index (κ2) is 11.6. The van der Waals surface area contributed by atoms with E-state index in [-0.39, 0.29) is 23.4 Å².